The number of aryl methyl sites for hydroxylation is 1. The maximum absolute atomic E-state index is 12.9. The molecular formula is C23H27N3O4. The molecule has 158 valence electrons. The number of rotatable bonds is 8. The number of anilines is 1. The number of aromatic amines is 1. The molecule has 7 heteroatoms. The number of para-hydroxylation sites is 1. The molecule has 3 rings (SSSR count). The number of carbonyl (C=O) groups is 1. The number of ether oxygens (including phenoxy) is 2. The number of hydrogen-bond donors (Lipinski definition) is 2. The first-order valence-corrected chi connectivity index (χ1v) is 9.91. The van der Waals surface area contributed by atoms with E-state index in [0.717, 1.165) is 27.9 Å². The van der Waals surface area contributed by atoms with Crippen LogP contribution < -0.4 is 15.6 Å². The molecular weight excluding hydrogens is 382 g/mol. The zero-order chi connectivity index (χ0) is 21.5. The topological polar surface area (TPSA) is 83.7 Å². The number of nitrogens with one attached hydrogen (secondary N) is 2. The van der Waals surface area contributed by atoms with Crippen LogP contribution in [0.5, 0.6) is 5.75 Å². The Morgan fingerprint density at radius 1 is 1.17 bits per heavy atom. The number of carbonyl (C=O) groups excluding carboxylic acids is 1. The predicted octanol–water partition coefficient (Wildman–Crippen LogP) is 3.92. The lowest BCUT2D eigenvalue weighted by Crippen LogP contribution is -2.38. The molecule has 3 aromatic rings. The fourth-order valence-electron chi connectivity index (χ4n) is 3.17. The number of H-pyrrole nitrogens is 1. The number of fused-ring (bicyclic) bond motifs is 1. The summed E-state index contributed by atoms with van der Waals surface area (Å²) in [7, 11) is 1.58. The van der Waals surface area contributed by atoms with Crippen LogP contribution in [0.4, 0.5) is 10.5 Å². The van der Waals surface area contributed by atoms with E-state index in [2.05, 4.69) is 10.3 Å². The molecule has 2 amide bonds. The van der Waals surface area contributed by atoms with E-state index >= 15 is 0 Å². The highest BCUT2D eigenvalue weighted by Gasteiger charge is 2.17. The summed E-state index contributed by atoms with van der Waals surface area (Å²) in [5.74, 6) is 0.733. The van der Waals surface area contributed by atoms with Gasteiger partial charge in [-0.15, -0.1) is 0 Å². The number of methoxy groups -OCH3 is 1. The quantitative estimate of drug-likeness (QED) is 0.591. The molecule has 2 N–H and O–H groups in total. The molecule has 0 fully saturated rings. The molecule has 1 aromatic heterocycles. The first-order chi connectivity index (χ1) is 14.5. The van der Waals surface area contributed by atoms with Crippen LogP contribution in [-0.2, 0) is 11.3 Å². The summed E-state index contributed by atoms with van der Waals surface area (Å²) >= 11 is 0. The average molecular weight is 409 g/mol. The first kappa shape index (κ1) is 21.4. The molecule has 0 saturated carbocycles. The number of pyridine rings is 1. The van der Waals surface area contributed by atoms with Gasteiger partial charge in [0.15, 0.2) is 0 Å². The van der Waals surface area contributed by atoms with Crippen LogP contribution in [0.25, 0.3) is 10.9 Å². The van der Waals surface area contributed by atoms with Gasteiger partial charge in [-0.1, -0.05) is 18.2 Å². The number of nitrogens with zero attached hydrogens (tertiary/aromatic N) is 1. The molecule has 0 unspecified atom stereocenters. The van der Waals surface area contributed by atoms with Crippen LogP contribution in [0.15, 0.2) is 53.3 Å². The molecule has 1 heterocycles. The number of hydrogen-bond acceptors (Lipinski definition) is 4. The minimum atomic E-state index is -0.288. The second-order valence-corrected chi connectivity index (χ2v) is 6.97. The van der Waals surface area contributed by atoms with Crippen LogP contribution in [0.1, 0.15) is 18.1 Å². The standard InChI is InChI=1S/C23H27N3O4/c1-4-30-19-9-10-21-17(14-19)13-18(22(27)24-21)15-26(11-12-29-3)23(28)25-20-8-6-5-7-16(20)2/h5-10,13-14H,4,11-12,15H2,1-3H3,(H,24,27)(H,25,28). The van der Waals surface area contributed by atoms with Crippen LogP contribution in [-0.4, -0.2) is 42.8 Å². The van der Waals surface area contributed by atoms with E-state index in [9.17, 15) is 9.59 Å². The van der Waals surface area contributed by atoms with E-state index in [1.54, 1.807) is 18.1 Å². The Bertz CT molecular complexity index is 1080. The molecule has 0 aliphatic rings. The third kappa shape index (κ3) is 5.18. The van der Waals surface area contributed by atoms with E-state index in [1.807, 2.05) is 56.3 Å². The Kier molecular flexibility index (Phi) is 7.08. The van der Waals surface area contributed by atoms with Crippen molar-refractivity contribution in [2.24, 2.45) is 0 Å². The van der Waals surface area contributed by atoms with Crippen LogP contribution in [0.3, 0.4) is 0 Å². The molecule has 0 spiro atoms. The highest BCUT2D eigenvalue weighted by atomic mass is 16.5. The third-order valence-corrected chi connectivity index (χ3v) is 4.80. The molecule has 0 radical (unpaired) electrons. The summed E-state index contributed by atoms with van der Waals surface area (Å²) in [6.45, 7) is 5.28. The second kappa shape index (κ2) is 9.93. The number of aromatic nitrogens is 1. The maximum Gasteiger partial charge on any atom is 0.322 e. The van der Waals surface area contributed by atoms with Gasteiger partial charge < -0.3 is 24.7 Å². The highest BCUT2D eigenvalue weighted by molar-refractivity contribution is 5.90. The summed E-state index contributed by atoms with van der Waals surface area (Å²) < 4.78 is 10.7. The van der Waals surface area contributed by atoms with E-state index in [-0.39, 0.29) is 18.1 Å². The van der Waals surface area contributed by atoms with Gasteiger partial charge in [0.05, 0.1) is 19.8 Å². The zero-order valence-corrected chi connectivity index (χ0v) is 17.5. The summed E-state index contributed by atoms with van der Waals surface area (Å²) in [5.41, 5.74) is 2.69. The van der Waals surface area contributed by atoms with Crippen molar-refractivity contribution in [3.05, 3.63) is 70.0 Å². The van der Waals surface area contributed by atoms with Gasteiger partial charge in [0, 0.05) is 35.8 Å². The summed E-state index contributed by atoms with van der Waals surface area (Å²) in [6.07, 6.45) is 0. The van der Waals surface area contributed by atoms with Crippen molar-refractivity contribution in [3.8, 4) is 5.75 Å². The fraction of sp³-hybridized carbons (Fsp3) is 0.304. The van der Waals surface area contributed by atoms with Crippen molar-refractivity contribution in [3.63, 3.8) is 0 Å². The fourth-order valence-corrected chi connectivity index (χ4v) is 3.17. The van der Waals surface area contributed by atoms with Crippen molar-refractivity contribution in [1.29, 1.82) is 0 Å². The van der Waals surface area contributed by atoms with Crippen molar-refractivity contribution in [1.82, 2.24) is 9.88 Å². The first-order valence-electron chi connectivity index (χ1n) is 9.91. The van der Waals surface area contributed by atoms with Gasteiger partial charge in [-0.05, 0) is 49.7 Å². The SMILES string of the molecule is CCOc1ccc2[nH]c(=O)c(CN(CCOC)C(=O)Nc3ccccc3C)cc2c1. The number of amides is 2. The van der Waals surface area contributed by atoms with Crippen LogP contribution >= 0.6 is 0 Å². The summed E-state index contributed by atoms with van der Waals surface area (Å²) in [4.78, 5) is 30.0. The lowest BCUT2D eigenvalue weighted by Gasteiger charge is -2.23. The molecule has 0 saturated heterocycles. The second-order valence-electron chi connectivity index (χ2n) is 6.97. The van der Waals surface area contributed by atoms with Gasteiger partial charge in [0.2, 0.25) is 0 Å². The van der Waals surface area contributed by atoms with E-state index in [4.69, 9.17) is 9.47 Å². The molecule has 0 aliphatic carbocycles. The maximum atomic E-state index is 12.9. The zero-order valence-electron chi connectivity index (χ0n) is 17.5. The highest BCUT2D eigenvalue weighted by Crippen LogP contribution is 2.20. The summed E-state index contributed by atoms with van der Waals surface area (Å²) in [5, 5.41) is 3.77. The van der Waals surface area contributed by atoms with Crippen molar-refractivity contribution in [2.75, 3.05) is 32.2 Å². The molecule has 2 aromatic carbocycles. The van der Waals surface area contributed by atoms with Gasteiger partial charge in [0.25, 0.3) is 5.56 Å². The Morgan fingerprint density at radius 3 is 2.70 bits per heavy atom. The molecule has 7 nitrogen and oxygen atoms in total. The lowest BCUT2D eigenvalue weighted by molar-refractivity contribution is 0.152. The smallest absolute Gasteiger partial charge is 0.322 e. The normalized spacial score (nSPS) is 10.8. The minimum absolute atomic E-state index is 0.158. The summed E-state index contributed by atoms with van der Waals surface area (Å²) in [6, 6.07) is 14.6. The van der Waals surface area contributed by atoms with Gasteiger partial charge in [-0.3, -0.25) is 4.79 Å². The van der Waals surface area contributed by atoms with E-state index in [0.29, 0.717) is 25.3 Å². The monoisotopic (exact) mass is 409 g/mol. The molecule has 30 heavy (non-hydrogen) atoms. The van der Waals surface area contributed by atoms with E-state index in [1.165, 1.54) is 0 Å². The minimum Gasteiger partial charge on any atom is -0.494 e. The molecule has 0 atom stereocenters. The third-order valence-electron chi connectivity index (χ3n) is 4.80. The van der Waals surface area contributed by atoms with Crippen LogP contribution in [0.2, 0.25) is 0 Å². The van der Waals surface area contributed by atoms with E-state index < -0.39 is 0 Å². The Hall–Kier alpha value is -3.32. The Morgan fingerprint density at radius 2 is 1.97 bits per heavy atom. The van der Waals surface area contributed by atoms with Crippen molar-refractivity contribution >= 4 is 22.6 Å². The van der Waals surface area contributed by atoms with Crippen molar-refractivity contribution < 1.29 is 14.3 Å². The number of benzene rings is 2. The van der Waals surface area contributed by atoms with Gasteiger partial charge in [-0.2, -0.15) is 0 Å². The van der Waals surface area contributed by atoms with Gasteiger partial charge >= 0.3 is 6.03 Å². The Labute approximate surface area is 175 Å². The van der Waals surface area contributed by atoms with Crippen molar-refractivity contribution in [2.45, 2.75) is 20.4 Å². The largest absolute Gasteiger partial charge is 0.494 e. The van der Waals surface area contributed by atoms with Gasteiger partial charge in [0.1, 0.15) is 5.75 Å². The molecule has 0 aliphatic heterocycles. The average Bonchev–Trinajstić information content (AvgIpc) is 2.73. The lowest BCUT2D eigenvalue weighted by atomic mass is 10.1. The predicted molar refractivity (Wildman–Crippen MR) is 118 cm³/mol. The molecule has 0 bridgehead atoms. The Balaban J connectivity index is 1.87. The van der Waals surface area contributed by atoms with Crippen LogP contribution in [0, 0.1) is 6.92 Å². The van der Waals surface area contributed by atoms with Gasteiger partial charge in [-0.25, -0.2) is 4.79 Å². The number of urea groups is 1.